The lowest BCUT2D eigenvalue weighted by Crippen LogP contribution is -2.39. The molecule has 25 heavy (non-hydrogen) atoms. The summed E-state index contributed by atoms with van der Waals surface area (Å²) in [6.07, 6.45) is 3.47. The molecule has 0 fully saturated rings. The smallest absolute Gasteiger partial charge is 0.251 e. The van der Waals surface area contributed by atoms with Gasteiger partial charge in [-0.25, -0.2) is 0 Å². The van der Waals surface area contributed by atoms with Crippen LogP contribution >= 0.6 is 0 Å². The molecule has 6 heteroatoms. The van der Waals surface area contributed by atoms with Crippen molar-refractivity contribution in [3.63, 3.8) is 0 Å². The fraction of sp³-hybridized carbons (Fsp3) is 0.579. The van der Waals surface area contributed by atoms with Crippen LogP contribution in [-0.4, -0.2) is 38.1 Å². The van der Waals surface area contributed by atoms with Gasteiger partial charge in [0.2, 0.25) is 0 Å². The zero-order chi connectivity index (χ0) is 18.7. The lowest BCUT2D eigenvalue weighted by molar-refractivity contribution is 0.0954. The molecule has 0 aliphatic heterocycles. The Morgan fingerprint density at radius 2 is 2.04 bits per heavy atom. The van der Waals surface area contributed by atoms with Crippen molar-refractivity contribution < 1.29 is 9.53 Å². The number of nitrogens with one attached hydrogen (secondary N) is 2. The number of hydrogen-bond acceptors (Lipinski definition) is 3. The van der Waals surface area contributed by atoms with Crippen molar-refractivity contribution in [1.82, 2.24) is 10.6 Å². The summed E-state index contributed by atoms with van der Waals surface area (Å²) in [6, 6.07) is 7.34. The highest BCUT2D eigenvalue weighted by molar-refractivity contribution is 5.94. The van der Waals surface area contributed by atoms with Crippen LogP contribution in [0.3, 0.4) is 0 Å². The van der Waals surface area contributed by atoms with E-state index in [2.05, 4.69) is 36.4 Å². The maximum Gasteiger partial charge on any atom is 0.251 e. The van der Waals surface area contributed by atoms with E-state index in [1.807, 2.05) is 0 Å². The molecule has 1 aromatic rings. The van der Waals surface area contributed by atoms with Gasteiger partial charge in [0.15, 0.2) is 5.96 Å². The fourth-order valence-electron chi connectivity index (χ4n) is 2.41. The zero-order valence-electron chi connectivity index (χ0n) is 15.8. The van der Waals surface area contributed by atoms with E-state index in [-0.39, 0.29) is 5.91 Å². The number of nitrogens with two attached hydrogens (primary N) is 1. The summed E-state index contributed by atoms with van der Waals surface area (Å²) in [7, 11) is 1.57. The summed E-state index contributed by atoms with van der Waals surface area (Å²) in [5.74, 6) is 1.66. The van der Waals surface area contributed by atoms with Crippen LogP contribution in [0.1, 0.15) is 50.4 Å². The van der Waals surface area contributed by atoms with Crippen molar-refractivity contribution in [2.75, 3.05) is 20.2 Å². The van der Waals surface area contributed by atoms with Gasteiger partial charge in [0, 0.05) is 18.2 Å². The number of nitrogens with zero attached hydrogens (tertiary/aromatic N) is 1. The molecule has 1 aromatic carbocycles. The van der Waals surface area contributed by atoms with Crippen molar-refractivity contribution in [3.8, 4) is 5.75 Å². The van der Waals surface area contributed by atoms with Crippen LogP contribution in [0.2, 0.25) is 0 Å². The predicted octanol–water partition coefficient (Wildman–Crippen LogP) is 2.54. The average molecular weight is 348 g/mol. The molecule has 0 bridgehead atoms. The van der Waals surface area contributed by atoms with Gasteiger partial charge in [0.05, 0.1) is 13.7 Å². The summed E-state index contributed by atoms with van der Waals surface area (Å²) >= 11 is 0. The first-order chi connectivity index (χ1) is 11.9. The first kappa shape index (κ1) is 20.8. The molecule has 0 radical (unpaired) electrons. The summed E-state index contributed by atoms with van der Waals surface area (Å²) < 4.78 is 5.11. The minimum atomic E-state index is -0.150. The van der Waals surface area contributed by atoms with Crippen LogP contribution in [0.25, 0.3) is 0 Å². The molecule has 6 nitrogen and oxygen atoms in total. The van der Waals surface area contributed by atoms with E-state index in [0.29, 0.717) is 36.4 Å². The Balaban J connectivity index is 2.28. The van der Waals surface area contributed by atoms with E-state index in [0.717, 1.165) is 12.3 Å². The standard InChI is InChI=1S/C19H32N4O2/c1-14(2)7-5-8-15(3)23-19(20)22-12-11-21-18(24)16-9-6-10-17(13-16)25-4/h6,9-10,13-15H,5,7-8,11-12H2,1-4H3,(H,21,24)(H3,20,22,23). The highest BCUT2D eigenvalue weighted by atomic mass is 16.5. The molecule has 140 valence electrons. The number of ether oxygens (including phenoxy) is 1. The number of carbonyl (C=O) groups excluding carboxylic acids is 1. The maximum absolute atomic E-state index is 12.0. The molecule has 4 N–H and O–H groups in total. The summed E-state index contributed by atoms with van der Waals surface area (Å²) in [6.45, 7) is 7.43. The molecular formula is C19H32N4O2. The first-order valence-corrected chi connectivity index (χ1v) is 8.91. The van der Waals surface area contributed by atoms with Gasteiger partial charge < -0.3 is 21.1 Å². The maximum atomic E-state index is 12.0. The van der Waals surface area contributed by atoms with Crippen LogP contribution < -0.4 is 21.1 Å². The van der Waals surface area contributed by atoms with E-state index in [4.69, 9.17) is 10.5 Å². The van der Waals surface area contributed by atoms with Gasteiger partial charge in [-0.1, -0.05) is 32.8 Å². The second-order valence-electron chi connectivity index (χ2n) is 6.62. The SMILES string of the molecule is COc1cccc(C(=O)NCCN=C(N)NC(C)CCCC(C)C)c1. The van der Waals surface area contributed by atoms with E-state index < -0.39 is 0 Å². The third kappa shape index (κ3) is 8.98. The minimum Gasteiger partial charge on any atom is -0.497 e. The normalized spacial score (nSPS) is 12.8. The molecule has 0 saturated heterocycles. The van der Waals surface area contributed by atoms with Gasteiger partial charge >= 0.3 is 0 Å². The zero-order valence-corrected chi connectivity index (χ0v) is 15.8. The van der Waals surface area contributed by atoms with Crippen molar-refractivity contribution in [1.29, 1.82) is 0 Å². The molecule has 0 heterocycles. The largest absolute Gasteiger partial charge is 0.497 e. The van der Waals surface area contributed by atoms with Crippen LogP contribution in [0.5, 0.6) is 5.75 Å². The van der Waals surface area contributed by atoms with Crippen molar-refractivity contribution in [2.45, 2.75) is 46.1 Å². The van der Waals surface area contributed by atoms with Crippen molar-refractivity contribution >= 4 is 11.9 Å². The van der Waals surface area contributed by atoms with Crippen molar-refractivity contribution in [3.05, 3.63) is 29.8 Å². The quantitative estimate of drug-likeness (QED) is 0.344. The van der Waals surface area contributed by atoms with Crippen LogP contribution in [-0.2, 0) is 0 Å². The Morgan fingerprint density at radius 3 is 2.72 bits per heavy atom. The number of aliphatic imine (C=N–C) groups is 1. The average Bonchev–Trinajstić information content (AvgIpc) is 2.58. The lowest BCUT2D eigenvalue weighted by Gasteiger charge is -2.15. The third-order valence-corrected chi connectivity index (χ3v) is 3.82. The molecule has 0 aliphatic rings. The monoisotopic (exact) mass is 348 g/mol. The molecule has 0 saturated carbocycles. The van der Waals surface area contributed by atoms with E-state index >= 15 is 0 Å². The molecular weight excluding hydrogens is 316 g/mol. The summed E-state index contributed by atoms with van der Waals surface area (Å²) in [5.41, 5.74) is 6.44. The number of rotatable bonds is 10. The number of guanidine groups is 1. The van der Waals surface area contributed by atoms with Crippen LogP contribution in [0.15, 0.2) is 29.3 Å². The molecule has 1 atom stereocenters. The molecule has 0 aromatic heterocycles. The Hall–Kier alpha value is -2.24. The van der Waals surface area contributed by atoms with E-state index in [9.17, 15) is 4.79 Å². The minimum absolute atomic E-state index is 0.150. The number of benzene rings is 1. The summed E-state index contributed by atoms with van der Waals surface area (Å²) in [4.78, 5) is 16.3. The second kappa shape index (κ2) is 11.3. The second-order valence-corrected chi connectivity index (χ2v) is 6.62. The van der Waals surface area contributed by atoms with Gasteiger partial charge in [-0.3, -0.25) is 9.79 Å². The highest BCUT2D eigenvalue weighted by Gasteiger charge is 2.06. The Kier molecular flexibility index (Phi) is 9.43. The molecule has 1 unspecified atom stereocenters. The fourth-order valence-corrected chi connectivity index (χ4v) is 2.41. The van der Waals surface area contributed by atoms with Gasteiger partial charge in [0.1, 0.15) is 5.75 Å². The van der Waals surface area contributed by atoms with Crippen molar-refractivity contribution in [2.24, 2.45) is 16.6 Å². The Labute approximate surface area is 151 Å². The van der Waals surface area contributed by atoms with Gasteiger partial charge in [0.25, 0.3) is 5.91 Å². The number of hydrogen-bond donors (Lipinski definition) is 3. The molecule has 0 spiro atoms. The molecule has 0 aliphatic carbocycles. The number of amides is 1. The Morgan fingerprint density at radius 1 is 1.28 bits per heavy atom. The Bertz CT molecular complexity index is 558. The van der Waals surface area contributed by atoms with Gasteiger partial charge in [-0.05, 0) is 37.5 Å². The lowest BCUT2D eigenvalue weighted by atomic mass is 10.0. The first-order valence-electron chi connectivity index (χ1n) is 8.91. The third-order valence-electron chi connectivity index (χ3n) is 3.82. The number of methoxy groups -OCH3 is 1. The van der Waals surface area contributed by atoms with Crippen LogP contribution in [0.4, 0.5) is 0 Å². The van der Waals surface area contributed by atoms with E-state index in [1.165, 1.54) is 12.8 Å². The van der Waals surface area contributed by atoms with Gasteiger partial charge in [-0.2, -0.15) is 0 Å². The highest BCUT2D eigenvalue weighted by Crippen LogP contribution is 2.12. The van der Waals surface area contributed by atoms with Gasteiger partial charge in [-0.15, -0.1) is 0 Å². The predicted molar refractivity (Wildman–Crippen MR) is 103 cm³/mol. The summed E-state index contributed by atoms with van der Waals surface area (Å²) in [5, 5.41) is 6.01. The van der Waals surface area contributed by atoms with Crippen LogP contribution in [0, 0.1) is 5.92 Å². The molecule has 1 amide bonds. The number of carbonyl (C=O) groups is 1. The topological polar surface area (TPSA) is 88.7 Å². The van der Waals surface area contributed by atoms with E-state index in [1.54, 1.807) is 31.4 Å². The molecule has 1 rings (SSSR count).